The van der Waals surface area contributed by atoms with Crippen LogP contribution in [0.5, 0.6) is 0 Å². The van der Waals surface area contributed by atoms with Crippen molar-refractivity contribution >= 4 is 16.8 Å². The molecule has 18 heavy (non-hydrogen) atoms. The molecule has 6 heteroatoms. The lowest BCUT2D eigenvalue weighted by Gasteiger charge is -2.34. The zero-order valence-corrected chi connectivity index (χ0v) is 10.9. The SMILES string of the molecule is Cc1ccc(C(=O)OC2CCOS(O)(O)C2)cc1. The van der Waals surface area contributed by atoms with Crippen LogP contribution in [-0.4, -0.2) is 33.5 Å². The van der Waals surface area contributed by atoms with Gasteiger partial charge in [0.2, 0.25) is 0 Å². The number of rotatable bonds is 2. The second kappa shape index (κ2) is 5.27. The largest absolute Gasteiger partial charge is 0.458 e. The molecule has 0 aliphatic carbocycles. The van der Waals surface area contributed by atoms with Crippen molar-refractivity contribution in [3.05, 3.63) is 35.4 Å². The average Bonchev–Trinajstić information content (AvgIpc) is 2.28. The van der Waals surface area contributed by atoms with Crippen molar-refractivity contribution in [3.8, 4) is 0 Å². The molecule has 1 saturated heterocycles. The topological polar surface area (TPSA) is 76.0 Å². The van der Waals surface area contributed by atoms with Gasteiger partial charge in [0.25, 0.3) is 0 Å². The first-order valence-electron chi connectivity index (χ1n) is 5.64. The van der Waals surface area contributed by atoms with Gasteiger partial charge >= 0.3 is 5.97 Å². The molecular weight excluding hydrogens is 256 g/mol. The predicted octanol–water partition coefficient (Wildman–Crippen LogP) is 2.61. The quantitative estimate of drug-likeness (QED) is 0.809. The smallest absolute Gasteiger partial charge is 0.338 e. The number of aryl methyl sites for hydroxylation is 1. The molecule has 5 nitrogen and oxygen atoms in total. The molecular formula is C12H16O5S. The van der Waals surface area contributed by atoms with Crippen molar-refractivity contribution in [1.29, 1.82) is 0 Å². The molecule has 1 atom stereocenters. The number of hydrogen-bond acceptors (Lipinski definition) is 5. The molecule has 0 bridgehead atoms. The third kappa shape index (κ3) is 3.46. The third-order valence-electron chi connectivity index (χ3n) is 2.68. The van der Waals surface area contributed by atoms with Crippen LogP contribution in [0.15, 0.2) is 24.3 Å². The molecule has 0 saturated carbocycles. The third-order valence-corrected chi connectivity index (χ3v) is 4.03. The number of carbonyl (C=O) groups is 1. The van der Waals surface area contributed by atoms with Crippen LogP contribution in [0.1, 0.15) is 22.3 Å². The van der Waals surface area contributed by atoms with Crippen LogP contribution in [0, 0.1) is 6.92 Å². The lowest BCUT2D eigenvalue weighted by Crippen LogP contribution is -2.32. The van der Waals surface area contributed by atoms with E-state index in [2.05, 4.69) is 0 Å². The molecule has 1 fully saturated rings. The Kier molecular flexibility index (Phi) is 3.91. The fourth-order valence-corrected chi connectivity index (χ4v) is 2.87. The molecule has 0 aromatic heterocycles. The molecule has 1 aromatic carbocycles. The standard InChI is InChI=1S/C12H16O5S/c1-9-2-4-10(5-3-9)12(13)17-11-6-7-16-18(14,15)8-11/h2-5,11,14-15H,6-8H2,1H3. The van der Waals surface area contributed by atoms with E-state index >= 15 is 0 Å². The van der Waals surface area contributed by atoms with Crippen LogP contribution in [0.4, 0.5) is 0 Å². The van der Waals surface area contributed by atoms with E-state index < -0.39 is 22.9 Å². The minimum Gasteiger partial charge on any atom is -0.458 e. The van der Waals surface area contributed by atoms with Gasteiger partial charge in [0.1, 0.15) is 6.10 Å². The summed E-state index contributed by atoms with van der Waals surface area (Å²) in [5.74, 6) is -0.498. The van der Waals surface area contributed by atoms with Gasteiger partial charge in [-0.1, -0.05) is 17.7 Å². The summed E-state index contributed by atoms with van der Waals surface area (Å²) in [5, 5.41) is 0. The van der Waals surface area contributed by atoms with Crippen LogP contribution in [0.3, 0.4) is 0 Å². The summed E-state index contributed by atoms with van der Waals surface area (Å²) < 4.78 is 28.8. The highest BCUT2D eigenvalue weighted by atomic mass is 32.3. The highest BCUT2D eigenvalue weighted by molar-refractivity contribution is 8.20. The second-order valence-corrected chi connectivity index (χ2v) is 6.06. The molecule has 1 aliphatic heterocycles. The summed E-state index contributed by atoms with van der Waals surface area (Å²) in [6.07, 6.45) is -0.0226. The molecule has 1 unspecified atom stereocenters. The Morgan fingerprint density at radius 2 is 2.06 bits per heavy atom. The molecule has 1 aliphatic rings. The maximum Gasteiger partial charge on any atom is 0.338 e. The number of esters is 1. The summed E-state index contributed by atoms with van der Waals surface area (Å²) >= 11 is 0. The Balaban J connectivity index is 1.97. The lowest BCUT2D eigenvalue weighted by molar-refractivity contribution is 0.0249. The van der Waals surface area contributed by atoms with E-state index in [0.29, 0.717) is 12.0 Å². The Hall–Kier alpha value is -1.08. The zero-order valence-electron chi connectivity index (χ0n) is 10.0. The molecule has 0 spiro atoms. The first-order valence-corrected chi connectivity index (χ1v) is 7.28. The summed E-state index contributed by atoms with van der Waals surface area (Å²) in [6.45, 7) is 2.12. The zero-order chi connectivity index (χ0) is 13.2. The van der Waals surface area contributed by atoms with E-state index in [1.807, 2.05) is 19.1 Å². The van der Waals surface area contributed by atoms with Gasteiger partial charge < -0.3 is 13.8 Å². The van der Waals surface area contributed by atoms with Gasteiger partial charge in [0.05, 0.1) is 28.8 Å². The van der Waals surface area contributed by atoms with E-state index in [0.717, 1.165) is 5.56 Å². The maximum absolute atomic E-state index is 11.8. The predicted molar refractivity (Wildman–Crippen MR) is 68.7 cm³/mol. The van der Waals surface area contributed by atoms with E-state index in [1.165, 1.54) is 0 Å². The molecule has 2 N–H and O–H groups in total. The molecule has 2 rings (SSSR count). The van der Waals surface area contributed by atoms with Gasteiger partial charge in [-0.2, -0.15) is 0 Å². The molecule has 1 aromatic rings. The van der Waals surface area contributed by atoms with Crippen molar-refractivity contribution in [2.45, 2.75) is 19.4 Å². The van der Waals surface area contributed by atoms with Gasteiger partial charge in [0.15, 0.2) is 0 Å². The normalized spacial score (nSPS) is 24.3. The number of hydrogen-bond donors (Lipinski definition) is 2. The van der Waals surface area contributed by atoms with Crippen molar-refractivity contribution in [3.63, 3.8) is 0 Å². The Morgan fingerprint density at radius 3 is 2.67 bits per heavy atom. The van der Waals surface area contributed by atoms with E-state index in [4.69, 9.17) is 8.92 Å². The minimum absolute atomic E-state index is 0.0510. The van der Waals surface area contributed by atoms with Crippen LogP contribution in [0.25, 0.3) is 0 Å². The summed E-state index contributed by atoms with van der Waals surface area (Å²) in [7, 11) is -3.04. The minimum atomic E-state index is -3.04. The van der Waals surface area contributed by atoms with Crippen LogP contribution in [0.2, 0.25) is 0 Å². The summed E-state index contributed by atoms with van der Waals surface area (Å²) in [6, 6.07) is 7.03. The molecule has 1 heterocycles. The second-order valence-electron chi connectivity index (χ2n) is 4.28. The van der Waals surface area contributed by atoms with Crippen LogP contribution >= 0.6 is 10.9 Å². The highest BCUT2D eigenvalue weighted by Crippen LogP contribution is 2.44. The fraction of sp³-hybridized carbons (Fsp3) is 0.417. The van der Waals surface area contributed by atoms with Gasteiger partial charge in [-0.25, -0.2) is 4.79 Å². The summed E-state index contributed by atoms with van der Waals surface area (Å²) in [5.41, 5.74) is 1.52. The number of ether oxygens (including phenoxy) is 1. The van der Waals surface area contributed by atoms with Crippen molar-refractivity contribution in [1.82, 2.24) is 0 Å². The van der Waals surface area contributed by atoms with Crippen LogP contribution < -0.4 is 0 Å². The highest BCUT2D eigenvalue weighted by Gasteiger charge is 2.31. The van der Waals surface area contributed by atoms with E-state index in [-0.39, 0.29) is 12.4 Å². The monoisotopic (exact) mass is 272 g/mol. The van der Waals surface area contributed by atoms with Gasteiger partial charge in [-0.15, -0.1) is 0 Å². The first-order chi connectivity index (χ1) is 8.46. The van der Waals surface area contributed by atoms with Gasteiger partial charge in [0, 0.05) is 6.42 Å². The lowest BCUT2D eigenvalue weighted by atomic mass is 10.1. The van der Waals surface area contributed by atoms with Gasteiger partial charge in [-0.05, 0) is 19.1 Å². The average molecular weight is 272 g/mol. The maximum atomic E-state index is 11.8. The molecule has 0 radical (unpaired) electrons. The molecule has 100 valence electrons. The Bertz CT molecular complexity index is 429. The summed E-state index contributed by atoms with van der Waals surface area (Å²) in [4.78, 5) is 11.8. The first kappa shape index (κ1) is 13.4. The van der Waals surface area contributed by atoms with Crippen molar-refractivity contribution < 1.29 is 22.8 Å². The van der Waals surface area contributed by atoms with Crippen molar-refractivity contribution in [2.24, 2.45) is 0 Å². The van der Waals surface area contributed by atoms with Crippen LogP contribution in [-0.2, 0) is 8.92 Å². The van der Waals surface area contributed by atoms with E-state index in [9.17, 15) is 13.9 Å². The van der Waals surface area contributed by atoms with Gasteiger partial charge in [-0.3, -0.25) is 4.18 Å². The Labute approximate surface area is 107 Å². The van der Waals surface area contributed by atoms with E-state index in [1.54, 1.807) is 12.1 Å². The van der Waals surface area contributed by atoms with Crippen molar-refractivity contribution in [2.75, 3.05) is 12.4 Å². The fourth-order valence-electron chi connectivity index (χ4n) is 1.69. The molecule has 0 amide bonds. The number of carbonyl (C=O) groups excluding carboxylic acids is 1. The Morgan fingerprint density at radius 1 is 1.39 bits per heavy atom. The number of benzene rings is 1.